The van der Waals surface area contributed by atoms with Gasteiger partial charge >= 0.3 is 211 Å². The number of hydrogen-bond donors (Lipinski definition) is 1. The first-order chi connectivity index (χ1) is 21.2. The zero-order valence-corrected chi connectivity index (χ0v) is 31.1. The minimum atomic E-state index is -4.58. The van der Waals surface area contributed by atoms with Crippen molar-refractivity contribution in [1.29, 1.82) is 0 Å². The molecule has 1 aliphatic carbocycles. The third-order valence-corrected chi connectivity index (χ3v) is 12.4. The number of ether oxygens (including phenoxy) is 4. The van der Waals surface area contributed by atoms with E-state index in [0.29, 0.717) is 5.92 Å². The third kappa shape index (κ3) is 11.7. The SMILES string of the molecule is CCCCCOCC(C)CC.COCOc1ccc(C2CC2)cc1Sc1ccc(P(N)(OC)(OC)C(=O)OC(C)(C)C)c(Cl)c1. The summed E-state index contributed by atoms with van der Waals surface area (Å²) in [4.78, 5) is 15.0. The predicted octanol–water partition coefficient (Wildman–Crippen LogP) is 9.70. The molecule has 0 spiro atoms. The topological polar surface area (TPSA) is 98.5 Å². The normalized spacial score (nSPS) is 15.0. The molecule has 0 aliphatic heterocycles. The van der Waals surface area contributed by atoms with Gasteiger partial charge in [0.15, 0.2) is 0 Å². The van der Waals surface area contributed by atoms with Crippen molar-refractivity contribution in [3.05, 3.63) is 47.0 Å². The summed E-state index contributed by atoms with van der Waals surface area (Å²) in [7, 11) is -0.347. The van der Waals surface area contributed by atoms with E-state index in [1.165, 1.54) is 70.1 Å². The molecule has 3 rings (SSSR count). The van der Waals surface area contributed by atoms with Crippen LogP contribution in [0.3, 0.4) is 0 Å². The van der Waals surface area contributed by atoms with Gasteiger partial charge in [0, 0.05) is 13.2 Å². The Kier molecular flexibility index (Phi) is 16.1. The van der Waals surface area contributed by atoms with Crippen LogP contribution in [-0.4, -0.2) is 52.6 Å². The summed E-state index contributed by atoms with van der Waals surface area (Å²) in [6.07, 6.45) is 7.45. The molecule has 0 radical (unpaired) electrons. The van der Waals surface area contributed by atoms with E-state index in [4.69, 9.17) is 45.1 Å². The van der Waals surface area contributed by atoms with Crippen molar-refractivity contribution >= 4 is 41.6 Å². The van der Waals surface area contributed by atoms with Crippen molar-refractivity contribution in [1.82, 2.24) is 0 Å². The van der Waals surface area contributed by atoms with Gasteiger partial charge in [0.25, 0.3) is 0 Å². The van der Waals surface area contributed by atoms with Crippen LogP contribution >= 0.6 is 30.6 Å². The summed E-state index contributed by atoms with van der Waals surface area (Å²) in [6, 6.07) is 11.4. The first kappa shape index (κ1) is 39.8. The molecule has 0 saturated heterocycles. The molecule has 8 nitrogen and oxygen atoms in total. The van der Waals surface area contributed by atoms with E-state index < -0.39 is 18.5 Å². The Hall–Kier alpha value is -1.42. The Morgan fingerprint density at radius 1 is 1.07 bits per heavy atom. The van der Waals surface area contributed by atoms with Crippen molar-refractivity contribution in [2.75, 3.05) is 41.3 Å². The van der Waals surface area contributed by atoms with E-state index in [9.17, 15) is 4.79 Å². The van der Waals surface area contributed by atoms with Gasteiger partial charge in [-0.1, -0.05) is 40.0 Å². The van der Waals surface area contributed by atoms with E-state index in [2.05, 4.69) is 32.9 Å². The number of methoxy groups -OCH3 is 1. The number of hydrogen-bond acceptors (Lipinski definition) is 9. The van der Waals surface area contributed by atoms with Gasteiger partial charge in [-0.15, -0.1) is 0 Å². The van der Waals surface area contributed by atoms with Crippen LogP contribution in [0, 0.1) is 5.92 Å². The van der Waals surface area contributed by atoms with Gasteiger partial charge in [0.05, 0.1) is 0 Å². The van der Waals surface area contributed by atoms with Crippen molar-refractivity contribution in [2.45, 2.75) is 101 Å². The van der Waals surface area contributed by atoms with Crippen molar-refractivity contribution in [2.24, 2.45) is 11.4 Å². The molecule has 1 fully saturated rings. The fourth-order valence-corrected chi connectivity index (χ4v) is 8.29. The van der Waals surface area contributed by atoms with E-state index in [1.807, 2.05) is 12.1 Å². The molecule has 0 aromatic heterocycles. The second-order valence-corrected chi connectivity index (χ2v) is 17.5. The van der Waals surface area contributed by atoms with Gasteiger partial charge in [0.1, 0.15) is 0 Å². The Labute approximate surface area is 280 Å². The van der Waals surface area contributed by atoms with Crippen LogP contribution in [0.15, 0.2) is 46.2 Å². The van der Waals surface area contributed by atoms with Crippen LogP contribution < -0.4 is 15.5 Å². The van der Waals surface area contributed by atoms with E-state index in [1.54, 1.807) is 40.0 Å². The molecule has 1 saturated carbocycles. The molecule has 0 amide bonds. The first-order valence-corrected chi connectivity index (χ1v) is 19.1. The molecule has 11 heteroatoms. The van der Waals surface area contributed by atoms with Crippen LogP contribution in [0.1, 0.15) is 91.5 Å². The number of unbranched alkanes of at least 4 members (excludes halogenated alkanes) is 2. The summed E-state index contributed by atoms with van der Waals surface area (Å²) in [5, 5.41) is 0.510. The fourth-order valence-electron chi connectivity index (χ4n) is 4.26. The molecular formula is C34H55ClNO7PS. The molecule has 0 bridgehead atoms. The molecule has 1 unspecified atom stereocenters. The van der Waals surface area contributed by atoms with Gasteiger partial charge in [-0.25, -0.2) is 0 Å². The molecule has 256 valence electrons. The number of halogens is 1. The minimum absolute atomic E-state index is 0.148. The second-order valence-electron chi connectivity index (χ2n) is 12.4. The molecule has 1 aliphatic rings. The van der Waals surface area contributed by atoms with Crippen LogP contribution in [0.2, 0.25) is 5.02 Å². The van der Waals surface area contributed by atoms with Crippen LogP contribution in [-0.2, 0) is 23.3 Å². The number of benzene rings is 2. The maximum absolute atomic E-state index is 13.2. The summed E-state index contributed by atoms with van der Waals surface area (Å²) in [5.74, 6) is 2.05. The molecule has 45 heavy (non-hydrogen) atoms. The zero-order valence-electron chi connectivity index (χ0n) is 28.7. The van der Waals surface area contributed by atoms with Crippen LogP contribution in [0.4, 0.5) is 4.79 Å². The fraction of sp³-hybridized carbons (Fsp3) is 0.618. The summed E-state index contributed by atoms with van der Waals surface area (Å²) in [5.41, 5.74) is 6.34. The zero-order chi connectivity index (χ0) is 33.7. The van der Waals surface area contributed by atoms with Crippen molar-refractivity contribution < 1.29 is 32.8 Å². The maximum atomic E-state index is 13.2. The predicted molar refractivity (Wildman–Crippen MR) is 187 cm³/mol. The quantitative estimate of drug-likeness (QED) is 0.0990. The molecular weight excluding hydrogens is 633 g/mol. The van der Waals surface area contributed by atoms with Gasteiger partial charge in [-0.3, -0.25) is 0 Å². The first-order valence-electron chi connectivity index (χ1n) is 15.8. The molecule has 0 heterocycles. The Balaban J connectivity index is 0.000000547. The molecule has 1 atom stereocenters. The Morgan fingerprint density at radius 2 is 1.76 bits per heavy atom. The number of carbonyl (C=O) groups excluding carboxylic acids is 1. The molecule has 2 N–H and O–H groups in total. The van der Waals surface area contributed by atoms with Gasteiger partial charge in [-0.05, 0) is 12.3 Å². The molecule has 2 aromatic rings. The Bertz CT molecular complexity index is 1220. The van der Waals surface area contributed by atoms with E-state index in [0.717, 1.165) is 34.7 Å². The number of nitrogens with two attached hydrogens (primary N) is 1. The molecule has 2 aromatic carbocycles. The van der Waals surface area contributed by atoms with Crippen LogP contribution in [0.5, 0.6) is 5.75 Å². The van der Waals surface area contributed by atoms with Gasteiger partial charge in [-0.2, -0.15) is 0 Å². The Morgan fingerprint density at radius 3 is 2.29 bits per heavy atom. The average molecular weight is 688 g/mol. The van der Waals surface area contributed by atoms with Gasteiger partial charge < -0.3 is 4.74 Å². The summed E-state index contributed by atoms with van der Waals surface area (Å²) in [6.45, 7) is 14.0. The second kappa shape index (κ2) is 18.2. The number of carbonyl (C=O) groups is 1. The average Bonchev–Trinajstić information content (AvgIpc) is 3.85. The monoisotopic (exact) mass is 687 g/mol. The standard InChI is InChI=1S/C24H33ClNO6PS.C10H22O/c1-24(2,3)32-23(27)33(26,29-5,30-6)21-12-10-18(14-19(21)25)34-22-13-17(16-7-8-16)9-11-20(22)31-15-28-4;1-4-6-7-8-11-9-10(3)5-2/h9-14,16H,7-8,15,26H2,1-6H3;10H,4-9H2,1-3H3. The van der Waals surface area contributed by atoms with Crippen molar-refractivity contribution in [3.8, 4) is 5.75 Å². The van der Waals surface area contributed by atoms with Crippen molar-refractivity contribution in [3.63, 3.8) is 0 Å². The summed E-state index contributed by atoms with van der Waals surface area (Å²) < 4.78 is 33.1. The third-order valence-electron chi connectivity index (χ3n) is 7.41. The van der Waals surface area contributed by atoms with E-state index in [-0.39, 0.29) is 17.1 Å². The van der Waals surface area contributed by atoms with Crippen LogP contribution in [0.25, 0.3) is 0 Å². The van der Waals surface area contributed by atoms with E-state index >= 15 is 0 Å². The summed E-state index contributed by atoms with van der Waals surface area (Å²) >= 11 is 8.18. The number of rotatable bonds is 17. The van der Waals surface area contributed by atoms with Gasteiger partial charge in [0.2, 0.25) is 0 Å².